The summed E-state index contributed by atoms with van der Waals surface area (Å²) in [7, 11) is 1.44. The third-order valence-corrected chi connectivity index (χ3v) is 5.83. The zero-order valence-corrected chi connectivity index (χ0v) is 21.0. The molecule has 208 valence electrons. The van der Waals surface area contributed by atoms with Crippen LogP contribution in [0.15, 0.2) is 48.5 Å². The van der Waals surface area contributed by atoms with Gasteiger partial charge in [-0.25, -0.2) is 4.79 Å². The number of carbonyl (C=O) groups excluding carboxylic acids is 2. The molecule has 0 radical (unpaired) electrons. The molecule has 0 aromatic heterocycles. The van der Waals surface area contributed by atoms with E-state index >= 15 is 0 Å². The van der Waals surface area contributed by atoms with Gasteiger partial charge in [-0.3, -0.25) is 9.59 Å². The summed E-state index contributed by atoms with van der Waals surface area (Å²) < 4.78 is 44.6. The SMILES string of the molecule is COc1ccc(C(O)C(=O)N[C@@H](Cc2cccc(C(F)(F)F)c2)[C@@H](O)CC(=O)N[C@H](C(=O)O)C(C)C)cc1. The smallest absolute Gasteiger partial charge is 0.416 e. The van der Waals surface area contributed by atoms with Gasteiger partial charge in [-0.05, 0) is 41.7 Å². The maximum atomic E-state index is 13.2. The minimum Gasteiger partial charge on any atom is -0.497 e. The first-order chi connectivity index (χ1) is 17.7. The number of hydrogen-bond acceptors (Lipinski definition) is 6. The molecule has 0 aliphatic heterocycles. The Kier molecular flexibility index (Phi) is 10.7. The average Bonchev–Trinajstić information content (AvgIpc) is 2.85. The van der Waals surface area contributed by atoms with Crippen LogP contribution >= 0.6 is 0 Å². The molecule has 2 aromatic carbocycles. The van der Waals surface area contributed by atoms with Gasteiger partial charge in [0.05, 0.1) is 31.2 Å². The second-order valence-corrected chi connectivity index (χ2v) is 9.09. The molecule has 2 rings (SSSR count). The molecule has 0 saturated carbocycles. The largest absolute Gasteiger partial charge is 0.497 e. The molecule has 5 N–H and O–H groups in total. The number of methoxy groups -OCH3 is 1. The Morgan fingerprint density at radius 3 is 2.16 bits per heavy atom. The monoisotopic (exact) mass is 540 g/mol. The Bertz CT molecular complexity index is 1110. The zero-order chi connectivity index (χ0) is 28.6. The van der Waals surface area contributed by atoms with Crippen LogP contribution in [0.2, 0.25) is 0 Å². The van der Waals surface area contributed by atoms with Crippen molar-refractivity contribution >= 4 is 17.8 Å². The standard InChI is InChI=1S/C26H31F3N2O7/c1-14(2)22(25(36)37)31-21(33)13-20(32)19(12-15-5-4-6-17(11-15)26(27,28)29)30-24(35)23(34)16-7-9-18(38-3)10-8-16/h4-11,14,19-20,22-23,32,34H,12-13H2,1-3H3,(H,30,35)(H,31,33)(H,36,37)/t19-,20-,22-,23?/m0/s1. The number of carboxylic acids is 1. The third-order valence-electron chi connectivity index (χ3n) is 5.83. The Balaban J connectivity index is 2.26. The topological polar surface area (TPSA) is 145 Å². The maximum Gasteiger partial charge on any atom is 0.416 e. The summed E-state index contributed by atoms with van der Waals surface area (Å²) in [5.41, 5.74) is -0.643. The fourth-order valence-corrected chi connectivity index (χ4v) is 3.69. The van der Waals surface area contributed by atoms with E-state index in [1.165, 1.54) is 43.5 Å². The van der Waals surface area contributed by atoms with Crippen molar-refractivity contribution in [1.29, 1.82) is 0 Å². The van der Waals surface area contributed by atoms with Gasteiger partial charge in [0.1, 0.15) is 11.8 Å². The summed E-state index contributed by atoms with van der Waals surface area (Å²) in [6, 6.07) is 7.62. The van der Waals surface area contributed by atoms with E-state index in [-0.39, 0.29) is 17.5 Å². The second-order valence-electron chi connectivity index (χ2n) is 9.09. The molecule has 0 aliphatic rings. The van der Waals surface area contributed by atoms with E-state index in [0.717, 1.165) is 12.1 Å². The van der Waals surface area contributed by atoms with Crippen LogP contribution in [0.4, 0.5) is 13.2 Å². The molecule has 4 atom stereocenters. The van der Waals surface area contributed by atoms with Gasteiger partial charge in [0.15, 0.2) is 6.10 Å². The quantitative estimate of drug-likeness (QED) is 0.278. The highest BCUT2D eigenvalue weighted by molar-refractivity contribution is 5.84. The van der Waals surface area contributed by atoms with Gasteiger partial charge in [0, 0.05) is 0 Å². The van der Waals surface area contributed by atoms with E-state index in [2.05, 4.69) is 10.6 Å². The lowest BCUT2D eigenvalue weighted by molar-refractivity contribution is -0.143. The number of hydrogen-bond donors (Lipinski definition) is 5. The van der Waals surface area contributed by atoms with Crippen LogP contribution < -0.4 is 15.4 Å². The van der Waals surface area contributed by atoms with Crippen molar-refractivity contribution in [2.75, 3.05) is 7.11 Å². The van der Waals surface area contributed by atoms with E-state index in [0.29, 0.717) is 5.75 Å². The van der Waals surface area contributed by atoms with Crippen LogP contribution in [0.3, 0.4) is 0 Å². The Morgan fingerprint density at radius 2 is 1.63 bits per heavy atom. The summed E-state index contributed by atoms with van der Waals surface area (Å²) in [6.45, 7) is 3.15. The number of carbonyl (C=O) groups is 3. The minimum absolute atomic E-state index is 0.106. The molecule has 2 aromatic rings. The van der Waals surface area contributed by atoms with Crippen molar-refractivity contribution in [3.05, 3.63) is 65.2 Å². The number of rotatable bonds is 12. The van der Waals surface area contributed by atoms with Crippen molar-refractivity contribution in [3.8, 4) is 5.75 Å². The Hall–Kier alpha value is -3.64. The molecule has 0 saturated heterocycles. The molecular weight excluding hydrogens is 509 g/mol. The molecule has 38 heavy (non-hydrogen) atoms. The number of aliphatic hydroxyl groups is 2. The first kappa shape index (κ1) is 30.6. The summed E-state index contributed by atoms with van der Waals surface area (Å²) in [4.78, 5) is 36.7. The number of aliphatic carboxylic acids is 1. The number of alkyl halides is 3. The second kappa shape index (κ2) is 13.2. The third kappa shape index (κ3) is 8.73. The maximum absolute atomic E-state index is 13.2. The van der Waals surface area contributed by atoms with Crippen LogP contribution in [0, 0.1) is 5.92 Å². The molecule has 12 heteroatoms. The normalized spacial score (nSPS) is 14.8. The number of halogens is 3. The highest BCUT2D eigenvalue weighted by Gasteiger charge is 2.32. The van der Waals surface area contributed by atoms with Gasteiger partial charge >= 0.3 is 12.1 Å². The van der Waals surface area contributed by atoms with E-state index in [1.807, 2.05) is 0 Å². The van der Waals surface area contributed by atoms with Crippen LogP contribution in [0.1, 0.15) is 43.1 Å². The van der Waals surface area contributed by atoms with E-state index in [4.69, 9.17) is 4.74 Å². The van der Waals surface area contributed by atoms with Crippen LogP contribution in [0.25, 0.3) is 0 Å². The predicted molar refractivity (Wildman–Crippen MR) is 130 cm³/mol. The molecule has 0 fully saturated rings. The predicted octanol–water partition coefficient (Wildman–Crippen LogP) is 2.45. The van der Waals surface area contributed by atoms with Gasteiger partial charge in [-0.15, -0.1) is 0 Å². The number of aliphatic hydroxyl groups excluding tert-OH is 2. The van der Waals surface area contributed by atoms with Crippen molar-refractivity contribution < 1.29 is 47.6 Å². The van der Waals surface area contributed by atoms with Gasteiger partial charge in [0.2, 0.25) is 5.91 Å². The van der Waals surface area contributed by atoms with Gasteiger partial charge < -0.3 is 30.7 Å². The molecule has 1 unspecified atom stereocenters. The van der Waals surface area contributed by atoms with Gasteiger partial charge in [-0.1, -0.05) is 44.2 Å². The van der Waals surface area contributed by atoms with Crippen molar-refractivity contribution in [2.45, 2.75) is 57.2 Å². The lowest BCUT2D eigenvalue weighted by atomic mass is 9.96. The van der Waals surface area contributed by atoms with Crippen molar-refractivity contribution in [1.82, 2.24) is 10.6 Å². The number of benzene rings is 2. The number of ether oxygens (including phenoxy) is 1. The molecule has 9 nitrogen and oxygen atoms in total. The Morgan fingerprint density at radius 1 is 1.00 bits per heavy atom. The zero-order valence-electron chi connectivity index (χ0n) is 21.0. The summed E-state index contributed by atoms with van der Waals surface area (Å²) in [6.07, 6.45) is -8.91. The average molecular weight is 541 g/mol. The molecular formula is C26H31F3N2O7. The van der Waals surface area contributed by atoms with Crippen LogP contribution in [-0.2, 0) is 27.0 Å². The number of nitrogens with one attached hydrogen (secondary N) is 2. The molecule has 0 spiro atoms. The summed E-state index contributed by atoms with van der Waals surface area (Å²) in [5, 5.41) is 35.3. The lowest BCUT2D eigenvalue weighted by Crippen LogP contribution is -2.50. The highest BCUT2D eigenvalue weighted by Crippen LogP contribution is 2.30. The molecule has 0 aliphatic carbocycles. The van der Waals surface area contributed by atoms with E-state index < -0.39 is 66.2 Å². The highest BCUT2D eigenvalue weighted by atomic mass is 19.4. The molecule has 2 amide bonds. The fourth-order valence-electron chi connectivity index (χ4n) is 3.69. The van der Waals surface area contributed by atoms with Crippen LogP contribution in [-0.4, -0.2) is 58.4 Å². The first-order valence-corrected chi connectivity index (χ1v) is 11.7. The first-order valence-electron chi connectivity index (χ1n) is 11.7. The number of carboxylic acid groups (broad SMARTS) is 1. The Labute approximate surface area is 217 Å². The van der Waals surface area contributed by atoms with Gasteiger partial charge in [-0.2, -0.15) is 13.2 Å². The van der Waals surface area contributed by atoms with E-state index in [9.17, 15) is 42.9 Å². The van der Waals surface area contributed by atoms with E-state index in [1.54, 1.807) is 13.8 Å². The molecule has 0 bridgehead atoms. The van der Waals surface area contributed by atoms with Crippen molar-refractivity contribution in [3.63, 3.8) is 0 Å². The molecule has 0 heterocycles. The summed E-state index contributed by atoms with van der Waals surface area (Å²) in [5.74, 6) is -3.06. The minimum atomic E-state index is -4.62. The van der Waals surface area contributed by atoms with Gasteiger partial charge in [0.25, 0.3) is 5.91 Å². The van der Waals surface area contributed by atoms with Crippen LogP contribution in [0.5, 0.6) is 5.75 Å². The lowest BCUT2D eigenvalue weighted by Gasteiger charge is -2.26. The fraction of sp³-hybridized carbons (Fsp3) is 0.423. The number of amides is 2. The summed E-state index contributed by atoms with van der Waals surface area (Å²) >= 11 is 0. The van der Waals surface area contributed by atoms with Crippen molar-refractivity contribution in [2.24, 2.45) is 5.92 Å².